The second-order valence-electron chi connectivity index (χ2n) is 6.07. The van der Waals surface area contributed by atoms with Crippen LogP contribution >= 0.6 is 11.8 Å². The maximum absolute atomic E-state index is 12.7. The van der Waals surface area contributed by atoms with Crippen molar-refractivity contribution in [3.05, 3.63) is 54.1 Å². The van der Waals surface area contributed by atoms with Gasteiger partial charge >= 0.3 is 0 Å². The van der Waals surface area contributed by atoms with Crippen LogP contribution in [0.5, 0.6) is 11.6 Å². The Morgan fingerprint density at radius 1 is 1.14 bits per heavy atom. The molecule has 0 aliphatic carbocycles. The standard InChI is InChI=1S/C20H18N4O3S/c1-12(25)24-15-10-6-4-8-13(15)17-18(21-20(28-3)23-22-17)27-19(24)14-9-5-7-11-16(14)26-2/h4-11,19H,1-3H3/t19-/m0/s1. The predicted molar refractivity (Wildman–Crippen MR) is 107 cm³/mol. The smallest absolute Gasteiger partial charge is 0.247 e. The number of carbonyl (C=O) groups excluding carboxylic acids is 1. The van der Waals surface area contributed by atoms with Gasteiger partial charge in [-0.25, -0.2) is 0 Å². The number of rotatable bonds is 3. The lowest BCUT2D eigenvalue weighted by Crippen LogP contribution is -2.36. The van der Waals surface area contributed by atoms with Crippen LogP contribution in [-0.2, 0) is 4.79 Å². The summed E-state index contributed by atoms with van der Waals surface area (Å²) >= 11 is 1.37. The molecule has 7 nitrogen and oxygen atoms in total. The normalized spacial score (nSPS) is 15.1. The van der Waals surface area contributed by atoms with Gasteiger partial charge in [0.15, 0.2) is 5.69 Å². The molecule has 0 N–H and O–H groups in total. The van der Waals surface area contributed by atoms with Crippen molar-refractivity contribution in [3.63, 3.8) is 0 Å². The minimum atomic E-state index is -0.762. The molecule has 1 amide bonds. The Morgan fingerprint density at radius 2 is 1.89 bits per heavy atom. The van der Waals surface area contributed by atoms with E-state index in [0.29, 0.717) is 33.7 Å². The number of benzene rings is 2. The van der Waals surface area contributed by atoms with Crippen molar-refractivity contribution < 1.29 is 14.3 Å². The second-order valence-corrected chi connectivity index (χ2v) is 6.84. The van der Waals surface area contributed by atoms with Gasteiger partial charge in [-0.1, -0.05) is 42.1 Å². The summed E-state index contributed by atoms with van der Waals surface area (Å²) in [7, 11) is 1.59. The minimum Gasteiger partial charge on any atom is -0.496 e. The fourth-order valence-electron chi connectivity index (χ4n) is 3.21. The molecule has 8 heteroatoms. The Balaban J connectivity index is 2.00. The largest absolute Gasteiger partial charge is 0.496 e. The Labute approximate surface area is 166 Å². The van der Waals surface area contributed by atoms with Gasteiger partial charge in [0.05, 0.1) is 18.4 Å². The number of hydrogen-bond donors (Lipinski definition) is 0. The van der Waals surface area contributed by atoms with Crippen LogP contribution in [0.15, 0.2) is 53.7 Å². The third kappa shape index (κ3) is 3.05. The first-order chi connectivity index (χ1) is 13.6. The van der Waals surface area contributed by atoms with Gasteiger partial charge in [-0.2, -0.15) is 4.98 Å². The summed E-state index contributed by atoms with van der Waals surface area (Å²) in [5, 5.41) is 8.97. The van der Waals surface area contributed by atoms with Crippen molar-refractivity contribution in [1.82, 2.24) is 15.2 Å². The number of thioether (sulfide) groups is 1. The molecule has 0 bridgehead atoms. The van der Waals surface area contributed by atoms with E-state index in [0.717, 1.165) is 5.56 Å². The molecule has 3 aromatic rings. The molecule has 28 heavy (non-hydrogen) atoms. The highest BCUT2D eigenvalue weighted by molar-refractivity contribution is 7.98. The van der Waals surface area contributed by atoms with Crippen molar-refractivity contribution in [2.45, 2.75) is 18.3 Å². The van der Waals surface area contributed by atoms with Gasteiger partial charge in [0.1, 0.15) is 5.75 Å². The molecule has 1 atom stereocenters. The molecule has 0 unspecified atom stereocenters. The number of amides is 1. The van der Waals surface area contributed by atoms with Crippen LogP contribution in [0.4, 0.5) is 5.69 Å². The maximum atomic E-state index is 12.7. The summed E-state index contributed by atoms with van der Waals surface area (Å²) in [6.07, 6.45) is 1.11. The lowest BCUT2D eigenvalue weighted by atomic mass is 10.1. The summed E-state index contributed by atoms with van der Waals surface area (Å²) in [4.78, 5) is 18.8. The molecule has 4 rings (SSSR count). The molecule has 0 saturated heterocycles. The number of carbonyl (C=O) groups is 1. The van der Waals surface area contributed by atoms with Crippen LogP contribution in [0.25, 0.3) is 11.3 Å². The van der Waals surface area contributed by atoms with Gasteiger partial charge in [0.2, 0.25) is 23.2 Å². The molecule has 2 aromatic carbocycles. The van der Waals surface area contributed by atoms with E-state index in [1.807, 2.05) is 54.8 Å². The number of anilines is 1. The zero-order valence-corrected chi connectivity index (χ0v) is 16.4. The molecule has 1 aliphatic rings. The highest BCUT2D eigenvalue weighted by atomic mass is 32.2. The molecule has 1 aliphatic heterocycles. The Kier molecular flexibility index (Phi) is 4.87. The average molecular weight is 394 g/mol. The van der Waals surface area contributed by atoms with Crippen LogP contribution in [0.1, 0.15) is 18.7 Å². The van der Waals surface area contributed by atoms with E-state index < -0.39 is 6.23 Å². The van der Waals surface area contributed by atoms with E-state index in [2.05, 4.69) is 15.2 Å². The first-order valence-electron chi connectivity index (χ1n) is 8.61. The van der Waals surface area contributed by atoms with Crippen LogP contribution in [0, 0.1) is 0 Å². The third-order valence-electron chi connectivity index (χ3n) is 4.44. The molecule has 0 spiro atoms. The first kappa shape index (κ1) is 18.2. The Morgan fingerprint density at radius 3 is 2.64 bits per heavy atom. The van der Waals surface area contributed by atoms with Gasteiger partial charge in [0, 0.05) is 12.5 Å². The molecule has 1 aromatic heterocycles. The van der Waals surface area contributed by atoms with Crippen molar-refractivity contribution in [2.24, 2.45) is 0 Å². The topological polar surface area (TPSA) is 77.4 Å². The Bertz CT molecular complexity index is 1040. The van der Waals surface area contributed by atoms with Gasteiger partial charge in [-0.3, -0.25) is 9.69 Å². The van der Waals surface area contributed by atoms with E-state index in [1.54, 1.807) is 12.0 Å². The molecule has 0 saturated carbocycles. The van der Waals surface area contributed by atoms with Gasteiger partial charge in [0.25, 0.3) is 0 Å². The summed E-state index contributed by atoms with van der Waals surface area (Å²) < 4.78 is 11.8. The van der Waals surface area contributed by atoms with Gasteiger partial charge in [-0.05, 0) is 24.5 Å². The van der Waals surface area contributed by atoms with Crippen LogP contribution < -0.4 is 14.4 Å². The van der Waals surface area contributed by atoms with E-state index in [1.165, 1.54) is 18.7 Å². The molecular weight excluding hydrogens is 376 g/mol. The average Bonchev–Trinajstić information content (AvgIpc) is 2.87. The van der Waals surface area contributed by atoms with Crippen LogP contribution in [-0.4, -0.2) is 34.5 Å². The Hall–Kier alpha value is -3.13. The number of aromatic nitrogens is 3. The van der Waals surface area contributed by atoms with E-state index in [9.17, 15) is 4.79 Å². The lowest BCUT2D eigenvalue weighted by molar-refractivity contribution is -0.118. The molecule has 142 valence electrons. The van der Waals surface area contributed by atoms with Crippen molar-refractivity contribution >= 4 is 23.4 Å². The van der Waals surface area contributed by atoms with E-state index in [4.69, 9.17) is 9.47 Å². The van der Waals surface area contributed by atoms with Gasteiger partial charge < -0.3 is 9.47 Å². The highest BCUT2D eigenvalue weighted by Gasteiger charge is 2.35. The number of methoxy groups -OCH3 is 1. The number of ether oxygens (including phenoxy) is 2. The monoisotopic (exact) mass is 394 g/mol. The van der Waals surface area contributed by atoms with Crippen molar-refractivity contribution in [2.75, 3.05) is 18.3 Å². The lowest BCUT2D eigenvalue weighted by Gasteiger charge is -2.30. The highest BCUT2D eigenvalue weighted by Crippen LogP contribution is 2.44. The molecule has 0 radical (unpaired) electrons. The second kappa shape index (κ2) is 7.47. The van der Waals surface area contributed by atoms with Crippen LogP contribution in [0.3, 0.4) is 0 Å². The summed E-state index contributed by atoms with van der Waals surface area (Å²) in [6, 6.07) is 15.0. The predicted octanol–water partition coefficient (Wildman–Crippen LogP) is 3.71. The quantitative estimate of drug-likeness (QED) is 0.627. The number of fused-ring (bicyclic) bond motifs is 3. The SMILES string of the molecule is COc1ccccc1[C@@H]1Oc2nc(SC)nnc2-c2ccccc2N1C(C)=O. The molecule has 0 fully saturated rings. The fraction of sp³-hybridized carbons (Fsp3) is 0.200. The fourth-order valence-corrected chi connectivity index (χ4v) is 3.51. The summed E-state index contributed by atoms with van der Waals surface area (Å²) in [5.74, 6) is 0.771. The van der Waals surface area contributed by atoms with Gasteiger partial charge in [-0.15, -0.1) is 10.2 Å². The molecule has 2 heterocycles. The maximum Gasteiger partial charge on any atom is 0.247 e. The van der Waals surface area contributed by atoms with Crippen molar-refractivity contribution in [1.29, 1.82) is 0 Å². The third-order valence-corrected chi connectivity index (χ3v) is 4.98. The zero-order chi connectivity index (χ0) is 19.7. The summed E-state index contributed by atoms with van der Waals surface area (Å²) in [6.45, 7) is 1.50. The number of nitrogens with zero attached hydrogens (tertiary/aromatic N) is 4. The van der Waals surface area contributed by atoms with Crippen molar-refractivity contribution in [3.8, 4) is 22.9 Å². The van der Waals surface area contributed by atoms with E-state index >= 15 is 0 Å². The van der Waals surface area contributed by atoms with E-state index in [-0.39, 0.29) is 5.91 Å². The number of para-hydroxylation sites is 2. The molecular formula is C20H18N4O3S. The van der Waals surface area contributed by atoms with Crippen LogP contribution in [0.2, 0.25) is 0 Å². The summed E-state index contributed by atoms with van der Waals surface area (Å²) in [5.41, 5.74) is 2.62. The first-order valence-corrected chi connectivity index (χ1v) is 9.84. The number of hydrogen-bond acceptors (Lipinski definition) is 7. The minimum absolute atomic E-state index is 0.172. The zero-order valence-electron chi connectivity index (χ0n) is 15.6.